The second-order valence-corrected chi connectivity index (χ2v) is 13.6. The van der Waals surface area contributed by atoms with E-state index in [-0.39, 0.29) is 46.3 Å². The summed E-state index contributed by atoms with van der Waals surface area (Å²) in [5, 5.41) is 23.0. The minimum atomic E-state index is -0.747. The molecule has 2 aliphatic carbocycles. The molecule has 0 saturated heterocycles. The Balaban J connectivity index is 1.67. The second kappa shape index (κ2) is 12.3. The van der Waals surface area contributed by atoms with Gasteiger partial charge in [0.15, 0.2) is 23.1 Å². The number of rotatable bonds is 10. The van der Waals surface area contributed by atoms with E-state index in [1.165, 1.54) is 6.07 Å². The monoisotopic (exact) mass is 633 g/mol. The van der Waals surface area contributed by atoms with Crippen molar-refractivity contribution in [3.05, 3.63) is 84.7 Å². The van der Waals surface area contributed by atoms with Crippen molar-refractivity contribution in [3.63, 3.8) is 0 Å². The Morgan fingerprint density at radius 1 is 0.826 bits per heavy atom. The summed E-state index contributed by atoms with van der Waals surface area (Å²) >= 11 is 0. The number of methoxy groups -OCH3 is 1. The first kappa shape index (κ1) is 32.8. The Labute approximate surface area is 267 Å². The zero-order chi connectivity index (χ0) is 33.6. The van der Waals surface area contributed by atoms with E-state index in [1.54, 1.807) is 32.2 Å². The summed E-state index contributed by atoms with van der Waals surface area (Å²) < 4.78 is 17.3. The molecule has 0 atom stereocenters. The Bertz CT molecular complexity index is 1630. The highest BCUT2D eigenvalue weighted by molar-refractivity contribution is 6.06. The van der Waals surface area contributed by atoms with E-state index in [9.17, 15) is 29.8 Å². The summed E-state index contributed by atoms with van der Waals surface area (Å²) in [5.74, 6) is -0.440. The molecular formula is C34H39N3O9. The van der Waals surface area contributed by atoms with Crippen LogP contribution in [0, 0.1) is 31.1 Å². The molecule has 1 aliphatic heterocycles. The van der Waals surface area contributed by atoms with Crippen molar-refractivity contribution in [2.75, 3.05) is 26.9 Å². The molecule has 244 valence electrons. The maximum absolute atomic E-state index is 14.0. The molecule has 0 aromatic heterocycles. The van der Waals surface area contributed by atoms with E-state index >= 15 is 0 Å². The van der Waals surface area contributed by atoms with Crippen molar-refractivity contribution in [2.45, 2.75) is 66.2 Å². The van der Waals surface area contributed by atoms with E-state index in [4.69, 9.17) is 14.2 Å². The number of nitro groups is 2. The molecule has 0 fully saturated rings. The van der Waals surface area contributed by atoms with Crippen molar-refractivity contribution in [1.82, 2.24) is 4.90 Å². The number of nitrogens with zero attached hydrogens (tertiary/aromatic N) is 3. The molecule has 0 spiro atoms. The van der Waals surface area contributed by atoms with E-state index in [0.29, 0.717) is 55.5 Å². The zero-order valence-electron chi connectivity index (χ0n) is 27.0. The third-order valence-corrected chi connectivity index (χ3v) is 8.71. The average Bonchev–Trinajstić information content (AvgIpc) is 2.95. The maximum atomic E-state index is 14.0. The molecule has 12 nitrogen and oxygen atoms in total. The molecule has 46 heavy (non-hydrogen) atoms. The molecule has 2 aromatic carbocycles. The van der Waals surface area contributed by atoms with Crippen LogP contribution in [0.1, 0.15) is 71.8 Å². The summed E-state index contributed by atoms with van der Waals surface area (Å²) in [4.78, 5) is 51.7. The largest absolute Gasteiger partial charge is 0.490 e. The first-order valence-corrected chi connectivity index (χ1v) is 15.3. The normalized spacial score (nSPS) is 19.1. The molecular weight excluding hydrogens is 594 g/mol. The highest BCUT2D eigenvalue weighted by Gasteiger charge is 2.49. The summed E-state index contributed by atoms with van der Waals surface area (Å²) in [6.07, 6.45) is 1.99. The highest BCUT2D eigenvalue weighted by atomic mass is 16.6. The number of ether oxygens (including phenoxy) is 3. The smallest absolute Gasteiger partial charge is 0.318 e. The van der Waals surface area contributed by atoms with Crippen LogP contribution in [0.3, 0.4) is 0 Å². The van der Waals surface area contributed by atoms with E-state index < -0.39 is 27.1 Å². The second-order valence-electron chi connectivity index (χ2n) is 13.6. The number of ketones is 2. The number of benzene rings is 2. The molecule has 0 N–H and O–H groups in total. The molecule has 5 rings (SSSR count). The Morgan fingerprint density at radius 3 is 1.93 bits per heavy atom. The number of carbonyl (C=O) groups excluding carboxylic acids is 2. The first-order chi connectivity index (χ1) is 21.7. The topological polar surface area (TPSA) is 151 Å². The number of Topliss-reactive ketones (excluding diaryl/α,β-unsaturated/α-hetero) is 2. The SMILES string of the molecule is CCOc1cc(C2C3=C(CC(C)(C)CC3=O)N(CCOC)C3=C2C(=O)CC(C)(C)C3)ccc1Oc1ccc([N+](=O)[O-])cc1[N+](=O)[O-]. The molecule has 1 heterocycles. The lowest BCUT2D eigenvalue weighted by Gasteiger charge is -2.49. The predicted octanol–water partition coefficient (Wildman–Crippen LogP) is 7.03. The fourth-order valence-electron chi connectivity index (χ4n) is 6.86. The van der Waals surface area contributed by atoms with Gasteiger partial charge >= 0.3 is 5.69 Å². The van der Waals surface area contributed by atoms with Gasteiger partial charge in [-0.3, -0.25) is 29.8 Å². The number of non-ortho nitro benzene ring substituents is 1. The van der Waals surface area contributed by atoms with Gasteiger partial charge in [-0.1, -0.05) is 33.8 Å². The number of carbonyl (C=O) groups is 2. The van der Waals surface area contributed by atoms with Gasteiger partial charge < -0.3 is 19.1 Å². The van der Waals surface area contributed by atoms with E-state index in [1.807, 2.05) is 0 Å². The lowest BCUT2D eigenvalue weighted by molar-refractivity contribution is -0.394. The molecule has 12 heteroatoms. The lowest BCUT2D eigenvalue weighted by Crippen LogP contribution is -2.45. The molecule has 0 amide bonds. The van der Waals surface area contributed by atoms with Crippen molar-refractivity contribution >= 4 is 22.9 Å². The highest BCUT2D eigenvalue weighted by Crippen LogP contribution is 2.55. The Hall–Kier alpha value is -4.58. The molecule has 0 unspecified atom stereocenters. The van der Waals surface area contributed by atoms with Crippen molar-refractivity contribution in [1.29, 1.82) is 0 Å². The summed E-state index contributed by atoms with van der Waals surface area (Å²) in [7, 11) is 1.63. The summed E-state index contributed by atoms with van der Waals surface area (Å²) in [6.45, 7) is 11.3. The van der Waals surface area contributed by atoms with Gasteiger partial charge in [0.1, 0.15) is 0 Å². The van der Waals surface area contributed by atoms with Gasteiger partial charge in [0, 0.05) is 61.0 Å². The fourth-order valence-corrected chi connectivity index (χ4v) is 6.86. The Kier molecular flexibility index (Phi) is 8.78. The van der Waals surface area contributed by atoms with E-state index in [2.05, 4.69) is 32.6 Å². The molecule has 0 radical (unpaired) electrons. The van der Waals surface area contributed by atoms with Crippen LogP contribution in [0.4, 0.5) is 11.4 Å². The van der Waals surface area contributed by atoms with Crippen molar-refractivity contribution in [2.24, 2.45) is 10.8 Å². The number of hydrogen-bond acceptors (Lipinski definition) is 10. The average molecular weight is 634 g/mol. The van der Waals surface area contributed by atoms with Crippen LogP contribution >= 0.6 is 0 Å². The number of allylic oxidation sites excluding steroid dienone is 4. The van der Waals surface area contributed by atoms with Crippen molar-refractivity contribution in [3.8, 4) is 17.2 Å². The van der Waals surface area contributed by atoms with Gasteiger partial charge in [-0.05, 0) is 54.4 Å². The maximum Gasteiger partial charge on any atom is 0.318 e. The molecule has 0 saturated carbocycles. The summed E-state index contributed by atoms with van der Waals surface area (Å²) in [5.41, 5.74) is 2.14. The number of hydrogen-bond donors (Lipinski definition) is 0. The van der Waals surface area contributed by atoms with Crippen LogP contribution in [-0.2, 0) is 14.3 Å². The van der Waals surface area contributed by atoms with Gasteiger partial charge in [0.25, 0.3) is 5.69 Å². The quantitative estimate of drug-likeness (QED) is 0.197. The van der Waals surface area contributed by atoms with Crippen LogP contribution in [-0.4, -0.2) is 53.2 Å². The minimum Gasteiger partial charge on any atom is -0.490 e. The van der Waals surface area contributed by atoms with Gasteiger partial charge in [0.05, 0.1) is 29.1 Å². The van der Waals surface area contributed by atoms with Gasteiger partial charge in [-0.25, -0.2) is 0 Å². The fraction of sp³-hybridized carbons (Fsp3) is 0.471. The molecule has 2 aromatic rings. The number of nitro benzene ring substituents is 2. The van der Waals surface area contributed by atoms with Gasteiger partial charge in [-0.15, -0.1) is 0 Å². The van der Waals surface area contributed by atoms with Crippen LogP contribution in [0.2, 0.25) is 0 Å². The van der Waals surface area contributed by atoms with Crippen LogP contribution < -0.4 is 9.47 Å². The zero-order valence-corrected chi connectivity index (χ0v) is 27.0. The van der Waals surface area contributed by atoms with Crippen LogP contribution in [0.15, 0.2) is 58.9 Å². The standard InChI is InChI=1S/C34H39N3O9/c1-7-45-29-14-20(8-10-28(29)46-27-11-9-21(36(40)41)15-22(27)37(42)43)30-31-23(16-33(2,3)18-25(31)38)35(12-13-44-6)24-17-34(4,5)19-26(39)32(24)30/h8-11,14-15,30H,7,12-13,16-19H2,1-6H3. The van der Waals surface area contributed by atoms with Gasteiger partial charge in [0.2, 0.25) is 5.75 Å². The molecule has 3 aliphatic rings. The third kappa shape index (κ3) is 6.26. The van der Waals surface area contributed by atoms with Crippen LogP contribution in [0.25, 0.3) is 0 Å². The van der Waals surface area contributed by atoms with Crippen LogP contribution in [0.5, 0.6) is 17.2 Å². The minimum absolute atomic E-state index is 0.0114. The predicted molar refractivity (Wildman–Crippen MR) is 169 cm³/mol. The van der Waals surface area contributed by atoms with Crippen molar-refractivity contribution < 1.29 is 33.6 Å². The van der Waals surface area contributed by atoms with Gasteiger partial charge in [-0.2, -0.15) is 0 Å². The summed E-state index contributed by atoms with van der Waals surface area (Å²) in [6, 6.07) is 8.21. The Morgan fingerprint density at radius 2 is 1.41 bits per heavy atom. The van der Waals surface area contributed by atoms with E-state index in [0.717, 1.165) is 23.5 Å². The lowest BCUT2D eigenvalue weighted by atomic mass is 9.63. The third-order valence-electron chi connectivity index (χ3n) is 8.71. The first-order valence-electron chi connectivity index (χ1n) is 15.3. The molecule has 0 bridgehead atoms.